The lowest BCUT2D eigenvalue weighted by atomic mass is 10.0. The molecule has 0 saturated heterocycles. The number of anilines is 3. The van der Waals surface area contributed by atoms with Gasteiger partial charge in [-0.25, -0.2) is 8.42 Å². The van der Waals surface area contributed by atoms with Crippen LogP contribution in [0.15, 0.2) is 71.6 Å². The Morgan fingerprint density at radius 2 is 1.74 bits per heavy atom. The molecule has 0 aromatic heterocycles. The van der Waals surface area contributed by atoms with Crippen molar-refractivity contribution in [1.29, 1.82) is 0 Å². The third-order valence-corrected chi connectivity index (χ3v) is 7.72. The van der Waals surface area contributed by atoms with Gasteiger partial charge in [0.25, 0.3) is 10.0 Å². The molecule has 3 aromatic rings. The second kappa shape index (κ2) is 8.86. The van der Waals surface area contributed by atoms with E-state index in [1.54, 1.807) is 24.3 Å². The first-order valence-corrected chi connectivity index (χ1v) is 12.1. The first-order valence-electron chi connectivity index (χ1n) is 9.90. The molecular weight excluding hydrogens is 450 g/mol. The van der Waals surface area contributed by atoms with Crippen molar-refractivity contribution in [3.63, 3.8) is 0 Å². The van der Waals surface area contributed by atoms with Gasteiger partial charge in [0.05, 0.1) is 10.6 Å². The van der Waals surface area contributed by atoms with E-state index in [1.165, 1.54) is 4.31 Å². The van der Waals surface area contributed by atoms with E-state index in [-0.39, 0.29) is 4.90 Å². The predicted molar refractivity (Wildman–Crippen MR) is 132 cm³/mol. The highest BCUT2D eigenvalue weighted by atomic mass is 35.5. The molecular formula is C23H22ClN3O2S2. The Morgan fingerprint density at radius 1 is 1.00 bits per heavy atom. The van der Waals surface area contributed by atoms with Crippen LogP contribution in [0.25, 0.3) is 0 Å². The summed E-state index contributed by atoms with van der Waals surface area (Å²) in [6.45, 7) is 2.39. The van der Waals surface area contributed by atoms with E-state index >= 15 is 0 Å². The van der Waals surface area contributed by atoms with Gasteiger partial charge < -0.3 is 10.6 Å². The second-order valence-electron chi connectivity index (χ2n) is 7.33. The molecule has 1 aliphatic heterocycles. The summed E-state index contributed by atoms with van der Waals surface area (Å²) in [4.78, 5) is 0.249. The van der Waals surface area contributed by atoms with Gasteiger partial charge in [-0.2, -0.15) is 0 Å². The maximum Gasteiger partial charge on any atom is 0.264 e. The van der Waals surface area contributed by atoms with Crippen molar-refractivity contribution in [2.24, 2.45) is 0 Å². The number of thiocarbonyl (C=S) groups is 1. The lowest BCUT2D eigenvalue weighted by molar-refractivity contribution is 0.586. The Labute approximate surface area is 193 Å². The minimum atomic E-state index is -3.64. The summed E-state index contributed by atoms with van der Waals surface area (Å²) in [5, 5.41) is 7.24. The zero-order valence-electron chi connectivity index (χ0n) is 16.9. The van der Waals surface area contributed by atoms with E-state index in [1.807, 2.05) is 49.4 Å². The van der Waals surface area contributed by atoms with Crippen LogP contribution < -0.4 is 14.9 Å². The van der Waals surface area contributed by atoms with Gasteiger partial charge >= 0.3 is 0 Å². The fraction of sp³-hybridized carbons (Fsp3) is 0.174. The van der Waals surface area contributed by atoms with Crippen LogP contribution in [0.1, 0.15) is 17.5 Å². The first-order chi connectivity index (χ1) is 14.9. The number of hydrogen-bond donors (Lipinski definition) is 2. The zero-order chi connectivity index (χ0) is 22.0. The average Bonchev–Trinajstić information content (AvgIpc) is 2.77. The molecule has 2 N–H and O–H groups in total. The van der Waals surface area contributed by atoms with Gasteiger partial charge in [0, 0.05) is 22.9 Å². The Bertz CT molecular complexity index is 1230. The maximum atomic E-state index is 13.2. The second-order valence-corrected chi connectivity index (χ2v) is 10.0. The molecule has 1 aliphatic rings. The van der Waals surface area contributed by atoms with Crippen LogP contribution in [0.2, 0.25) is 5.02 Å². The monoisotopic (exact) mass is 471 g/mol. The topological polar surface area (TPSA) is 61.4 Å². The van der Waals surface area contributed by atoms with Crippen LogP contribution in [-0.4, -0.2) is 20.1 Å². The molecule has 0 fully saturated rings. The van der Waals surface area contributed by atoms with E-state index in [0.29, 0.717) is 22.4 Å². The molecule has 0 spiro atoms. The third kappa shape index (κ3) is 4.54. The Morgan fingerprint density at radius 3 is 2.52 bits per heavy atom. The van der Waals surface area contributed by atoms with Gasteiger partial charge in [-0.3, -0.25) is 4.31 Å². The molecule has 160 valence electrons. The van der Waals surface area contributed by atoms with Gasteiger partial charge in [-0.15, -0.1) is 0 Å². The number of fused-ring (bicyclic) bond motifs is 1. The largest absolute Gasteiger partial charge is 0.332 e. The van der Waals surface area contributed by atoms with Crippen LogP contribution in [0.4, 0.5) is 17.1 Å². The van der Waals surface area contributed by atoms with Crippen molar-refractivity contribution in [2.75, 3.05) is 21.5 Å². The molecule has 0 bridgehead atoms. The van der Waals surface area contributed by atoms with Gasteiger partial charge in [0.1, 0.15) is 0 Å². The number of rotatable bonds is 4. The van der Waals surface area contributed by atoms with Crippen molar-refractivity contribution >= 4 is 56.0 Å². The molecule has 0 atom stereocenters. The molecule has 0 amide bonds. The molecule has 4 rings (SSSR count). The summed E-state index contributed by atoms with van der Waals surface area (Å²) in [7, 11) is -3.64. The molecule has 8 heteroatoms. The van der Waals surface area contributed by atoms with Crippen LogP contribution >= 0.6 is 23.8 Å². The van der Waals surface area contributed by atoms with Gasteiger partial charge in [-0.05, 0) is 85.6 Å². The normalized spacial score (nSPS) is 13.4. The van der Waals surface area contributed by atoms with Crippen molar-refractivity contribution < 1.29 is 8.42 Å². The van der Waals surface area contributed by atoms with Crippen molar-refractivity contribution in [3.05, 3.63) is 82.9 Å². The highest BCUT2D eigenvalue weighted by molar-refractivity contribution is 7.92. The smallest absolute Gasteiger partial charge is 0.264 e. The summed E-state index contributed by atoms with van der Waals surface area (Å²) in [6, 6.07) is 19.8. The molecule has 0 radical (unpaired) electrons. The van der Waals surface area contributed by atoms with E-state index in [9.17, 15) is 8.42 Å². The summed E-state index contributed by atoms with van der Waals surface area (Å²) in [5.41, 5.74) is 4.22. The number of aryl methyl sites for hydroxylation is 1. The van der Waals surface area contributed by atoms with E-state index < -0.39 is 10.0 Å². The Kier molecular flexibility index (Phi) is 6.18. The standard InChI is InChI=1S/C23H22ClN3O2S2/c1-16-20(24)8-4-9-21(16)26-23(30)25-18-11-13-19(14-12-18)31(28,29)27-15-5-7-17-6-2-3-10-22(17)27/h2-4,6,8-14H,5,7,15H2,1H3,(H2,25,26,30). The number of hydrogen-bond acceptors (Lipinski definition) is 3. The van der Waals surface area contributed by atoms with E-state index in [0.717, 1.165) is 35.3 Å². The van der Waals surface area contributed by atoms with E-state index in [2.05, 4.69) is 10.6 Å². The summed E-state index contributed by atoms with van der Waals surface area (Å²) >= 11 is 11.5. The van der Waals surface area contributed by atoms with Gasteiger partial charge in [-0.1, -0.05) is 35.9 Å². The lowest BCUT2D eigenvalue weighted by Gasteiger charge is -2.30. The number of nitrogens with zero attached hydrogens (tertiary/aromatic N) is 1. The fourth-order valence-corrected chi connectivity index (χ4v) is 5.56. The van der Waals surface area contributed by atoms with Crippen LogP contribution in [0.5, 0.6) is 0 Å². The van der Waals surface area contributed by atoms with Crippen molar-refractivity contribution in [1.82, 2.24) is 0 Å². The molecule has 31 heavy (non-hydrogen) atoms. The van der Waals surface area contributed by atoms with Crippen LogP contribution in [0, 0.1) is 6.92 Å². The SMILES string of the molecule is Cc1c(Cl)cccc1NC(=S)Nc1ccc(S(=O)(=O)N2CCCc3ccccc32)cc1. The molecule has 1 heterocycles. The quantitative estimate of drug-likeness (QED) is 0.485. The third-order valence-electron chi connectivity index (χ3n) is 5.28. The number of sulfonamides is 1. The predicted octanol–water partition coefficient (Wildman–Crippen LogP) is 5.60. The minimum absolute atomic E-state index is 0.249. The number of nitrogens with one attached hydrogen (secondary N) is 2. The fourth-order valence-electron chi connectivity index (χ4n) is 3.61. The summed E-state index contributed by atoms with van der Waals surface area (Å²) in [5.74, 6) is 0. The Balaban J connectivity index is 1.49. The lowest BCUT2D eigenvalue weighted by Crippen LogP contribution is -2.35. The molecule has 0 unspecified atom stereocenters. The highest BCUT2D eigenvalue weighted by Crippen LogP contribution is 2.32. The number of halogens is 1. The van der Waals surface area contributed by atoms with Gasteiger partial charge in [0.2, 0.25) is 0 Å². The van der Waals surface area contributed by atoms with Crippen molar-refractivity contribution in [3.8, 4) is 0 Å². The van der Waals surface area contributed by atoms with E-state index in [4.69, 9.17) is 23.8 Å². The molecule has 5 nitrogen and oxygen atoms in total. The van der Waals surface area contributed by atoms with Crippen molar-refractivity contribution in [2.45, 2.75) is 24.7 Å². The zero-order valence-corrected chi connectivity index (χ0v) is 19.3. The Hall–Kier alpha value is -2.61. The number of para-hydroxylation sites is 1. The first kappa shape index (κ1) is 21.6. The minimum Gasteiger partial charge on any atom is -0.332 e. The van der Waals surface area contributed by atoms with Crippen LogP contribution in [-0.2, 0) is 16.4 Å². The van der Waals surface area contributed by atoms with Gasteiger partial charge in [0.15, 0.2) is 5.11 Å². The maximum absolute atomic E-state index is 13.2. The average molecular weight is 472 g/mol. The summed E-state index contributed by atoms with van der Waals surface area (Å²) in [6.07, 6.45) is 1.69. The molecule has 0 saturated carbocycles. The number of benzene rings is 3. The summed E-state index contributed by atoms with van der Waals surface area (Å²) < 4.78 is 28.0. The van der Waals surface area contributed by atoms with Crippen LogP contribution in [0.3, 0.4) is 0 Å². The molecule has 3 aromatic carbocycles. The highest BCUT2D eigenvalue weighted by Gasteiger charge is 2.28. The molecule has 0 aliphatic carbocycles.